The van der Waals surface area contributed by atoms with Gasteiger partial charge in [-0.1, -0.05) is 29.8 Å². The van der Waals surface area contributed by atoms with Gasteiger partial charge in [-0.15, -0.1) is 0 Å². The molecule has 0 bridgehead atoms. The standard InChI is InChI=1S/C15H18O2/c1-11-4-6-13(7-5-11)15(17-3)9-8-14(16)10-12(15)2/h4-7,10H,8-9H2,1-3H3. The fourth-order valence-electron chi connectivity index (χ4n) is 2.50. The van der Waals surface area contributed by atoms with Gasteiger partial charge in [0.15, 0.2) is 5.78 Å². The van der Waals surface area contributed by atoms with Crippen LogP contribution in [0.3, 0.4) is 0 Å². The van der Waals surface area contributed by atoms with Gasteiger partial charge in [0.2, 0.25) is 0 Å². The van der Waals surface area contributed by atoms with Crippen molar-refractivity contribution >= 4 is 5.78 Å². The van der Waals surface area contributed by atoms with Crippen molar-refractivity contribution < 1.29 is 9.53 Å². The molecule has 2 rings (SSSR count). The van der Waals surface area contributed by atoms with E-state index in [0.29, 0.717) is 6.42 Å². The van der Waals surface area contributed by atoms with Crippen molar-refractivity contribution in [3.05, 3.63) is 47.0 Å². The lowest BCUT2D eigenvalue weighted by atomic mass is 9.78. The maximum Gasteiger partial charge on any atom is 0.155 e. The van der Waals surface area contributed by atoms with Gasteiger partial charge in [0, 0.05) is 13.5 Å². The molecule has 0 saturated carbocycles. The van der Waals surface area contributed by atoms with E-state index in [-0.39, 0.29) is 5.78 Å². The number of ketones is 1. The highest BCUT2D eigenvalue weighted by Crippen LogP contribution is 2.40. The van der Waals surface area contributed by atoms with Gasteiger partial charge in [0.05, 0.1) is 0 Å². The van der Waals surface area contributed by atoms with E-state index in [1.807, 2.05) is 6.92 Å². The minimum Gasteiger partial charge on any atom is -0.369 e. The summed E-state index contributed by atoms with van der Waals surface area (Å²) in [5, 5.41) is 0. The Balaban J connectivity index is 2.48. The first-order chi connectivity index (χ1) is 8.08. The predicted octanol–water partition coefficient (Wildman–Crippen LogP) is 3.15. The Hall–Kier alpha value is -1.41. The lowest BCUT2D eigenvalue weighted by molar-refractivity contribution is -0.117. The number of methoxy groups -OCH3 is 1. The Labute approximate surface area is 102 Å². The maximum absolute atomic E-state index is 11.4. The fraction of sp³-hybridized carbons (Fsp3) is 0.400. The predicted molar refractivity (Wildman–Crippen MR) is 67.9 cm³/mol. The molecule has 0 spiro atoms. The molecule has 0 fully saturated rings. The van der Waals surface area contributed by atoms with E-state index in [2.05, 4.69) is 31.2 Å². The van der Waals surface area contributed by atoms with Crippen LogP contribution in [0.4, 0.5) is 0 Å². The summed E-state index contributed by atoms with van der Waals surface area (Å²) >= 11 is 0. The average Bonchev–Trinajstić information content (AvgIpc) is 2.31. The Morgan fingerprint density at radius 1 is 1.18 bits per heavy atom. The summed E-state index contributed by atoms with van der Waals surface area (Å²) < 4.78 is 5.74. The zero-order valence-corrected chi connectivity index (χ0v) is 10.6. The first-order valence-electron chi connectivity index (χ1n) is 5.92. The molecule has 0 aromatic heterocycles. The molecule has 1 aliphatic carbocycles. The van der Waals surface area contributed by atoms with Crippen LogP contribution in [0, 0.1) is 6.92 Å². The molecule has 1 aliphatic rings. The molecule has 1 atom stereocenters. The summed E-state index contributed by atoms with van der Waals surface area (Å²) in [5.41, 5.74) is 2.95. The highest BCUT2D eigenvalue weighted by atomic mass is 16.5. The molecule has 1 unspecified atom stereocenters. The van der Waals surface area contributed by atoms with Crippen LogP contribution in [0.1, 0.15) is 30.9 Å². The Kier molecular flexibility index (Phi) is 3.16. The summed E-state index contributed by atoms with van der Waals surface area (Å²) in [5.74, 6) is 0.197. The molecule has 1 aromatic carbocycles. The van der Waals surface area contributed by atoms with E-state index in [1.54, 1.807) is 13.2 Å². The zero-order chi connectivity index (χ0) is 12.5. The number of carbonyl (C=O) groups is 1. The molecule has 90 valence electrons. The van der Waals surface area contributed by atoms with Crippen molar-refractivity contribution in [2.75, 3.05) is 7.11 Å². The highest BCUT2D eigenvalue weighted by Gasteiger charge is 2.37. The molecule has 0 radical (unpaired) electrons. The van der Waals surface area contributed by atoms with E-state index in [4.69, 9.17) is 4.74 Å². The van der Waals surface area contributed by atoms with Crippen LogP contribution in [0.25, 0.3) is 0 Å². The number of hydrogen-bond acceptors (Lipinski definition) is 2. The molecular formula is C15H18O2. The molecule has 17 heavy (non-hydrogen) atoms. The highest BCUT2D eigenvalue weighted by molar-refractivity contribution is 5.91. The topological polar surface area (TPSA) is 26.3 Å². The third kappa shape index (κ3) is 2.05. The van der Waals surface area contributed by atoms with Gasteiger partial charge in [0.1, 0.15) is 5.60 Å². The Morgan fingerprint density at radius 3 is 2.35 bits per heavy atom. The van der Waals surface area contributed by atoms with E-state index >= 15 is 0 Å². The minimum absolute atomic E-state index is 0.197. The van der Waals surface area contributed by atoms with Crippen molar-refractivity contribution in [1.82, 2.24) is 0 Å². The summed E-state index contributed by atoms with van der Waals surface area (Å²) in [4.78, 5) is 11.4. The number of aryl methyl sites for hydroxylation is 1. The van der Waals surface area contributed by atoms with Crippen LogP contribution in [0.15, 0.2) is 35.9 Å². The van der Waals surface area contributed by atoms with Crippen molar-refractivity contribution in [1.29, 1.82) is 0 Å². The lowest BCUT2D eigenvalue weighted by Gasteiger charge is -2.36. The maximum atomic E-state index is 11.4. The molecule has 2 nitrogen and oxygen atoms in total. The summed E-state index contributed by atoms with van der Waals surface area (Å²) in [6.07, 6.45) is 3.00. The number of rotatable bonds is 2. The lowest BCUT2D eigenvalue weighted by Crippen LogP contribution is -2.33. The minimum atomic E-state index is -0.415. The third-order valence-corrected chi connectivity index (χ3v) is 3.60. The van der Waals surface area contributed by atoms with Crippen LogP contribution < -0.4 is 0 Å². The average molecular weight is 230 g/mol. The Morgan fingerprint density at radius 2 is 1.82 bits per heavy atom. The van der Waals surface area contributed by atoms with Crippen LogP contribution in [-0.4, -0.2) is 12.9 Å². The molecule has 0 N–H and O–H groups in total. The van der Waals surface area contributed by atoms with Crippen LogP contribution in [0.2, 0.25) is 0 Å². The van der Waals surface area contributed by atoms with Gasteiger partial charge in [-0.25, -0.2) is 0 Å². The van der Waals surface area contributed by atoms with Crippen LogP contribution >= 0.6 is 0 Å². The number of benzene rings is 1. The normalized spacial score (nSPS) is 24.6. The molecule has 2 heteroatoms. The van der Waals surface area contributed by atoms with Gasteiger partial charge in [-0.2, -0.15) is 0 Å². The van der Waals surface area contributed by atoms with Crippen molar-refractivity contribution in [3.8, 4) is 0 Å². The van der Waals surface area contributed by atoms with Gasteiger partial charge in [-0.05, 0) is 37.5 Å². The van der Waals surface area contributed by atoms with E-state index in [0.717, 1.165) is 17.6 Å². The SMILES string of the molecule is COC1(c2ccc(C)cc2)CCC(=O)C=C1C. The number of allylic oxidation sites excluding steroid dienone is 1. The largest absolute Gasteiger partial charge is 0.369 e. The van der Waals surface area contributed by atoms with E-state index < -0.39 is 5.60 Å². The quantitative estimate of drug-likeness (QED) is 0.780. The van der Waals surface area contributed by atoms with Crippen LogP contribution in [0.5, 0.6) is 0 Å². The van der Waals surface area contributed by atoms with E-state index in [1.165, 1.54) is 5.56 Å². The second kappa shape index (κ2) is 4.46. The first-order valence-corrected chi connectivity index (χ1v) is 5.92. The molecular weight excluding hydrogens is 212 g/mol. The van der Waals surface area contributed by atoms with Crippen molar-refractivity contribution in [2.45, 2.75) is 32.3 Å². The van der Waals surface area contributed by atoms with Gasteiger partial charge < -0.3 is 4.74 Å². The van der Waals surface area contributed by atoms with Crippen molar-refractivity contribution in [2.24, 2.45) is 0 Å². The zero-order valence-electron chi connectivity index (χ0n) is 10.6. The molecule has 0 saturated heterocycles. The fourth-order valence-corrected chi connectivity index (χ4v) is 2.50. The van der Waals surface area contributed by atoms with Gasteiger partial charge in [0.25, 0.3) is 0 Å². The molecule has 0 heterocycles. The monoisotopic (exact) mass is 230 g/mol. The summed E-state index contributed by atoms with van der Waals surface area (Å²) in [6, 6.07) is 8.34. The molecule has 0 amide bonds. The molecule has 1 aromatic rings. The number of ether oxygens (including phenoxy) is 1. The summed E-state index contributed by atoms with van der Waals surface area (Å²) in [7, 11) is 1.72. The van der Waals surface area contributed by atoms with Crippen molar-refractivity contribution in [3.63, 3.8) is 0 Å². The number of hydrogen-bond donors (Lipinski definition) is 0. The first kappa shape index (κ1) is 12.1. The second-order valence-corrected chi connectivity index (χ2v) is 4.69. The van der Waals surface area contributed by atoms with Gasteiger partial charge in [-0.3, -0.25) is 4.79 Å². The van der Waals surface area contributed by atoms with Gasteiger partial charge >= 0.3 is 0 Å². The summed E-state index contributed by atoms with van der Waals surface area (Å²) in [6.45, 7) is 4.04. The van der Waals surface area contributed by atoms with E-state index in [9.17, 15) is 4.79 Å². The molecule has 0 aliphatic heterocycles. The smallest absolute Gasteiger partial charge is 0.155 e. The second-order valence-electron chi connectivity index (χ2n) is 4.69. The number of carbonyl (C=O) groups excluding carboxylic acids is 1. The third-order valence-electron chi connectivity index (χ3n) is 3.60. The Bertz CT molecular complexity index is 456. The van der Waals surface area contributed by atoms with Crippen LogP contribution in [-0.2, 0) is 15.1 Å².